The van der Waals surface area contributed by atoms with Crippen molar-refractivity contribution in [2.45, 2.75) is 97.4 Å². The van der Waals surface area contributed by atoms with Crippen LogP contribution in [0.15, 0.2) is 12.4 Å². The van der Waals surface area contributed by atoms with E-state index in [0.29, 0.717) is 23.7 Å². The lowest BCUT2D eigenvalue weighted by atomic mass is 9.77. The van der Waals surface area contributed by atoms with Gasteiger partial charge in [0.25, 0.3) is 0 Å². The Morgan fingerprint density at radius 2 is 1.79 bits per heavy atom. The Balaban J connectivity index is 1.40. The van der Waals surface area contributed by atoms with Gasteiger partial charge in [-0.05, 0) is 68.8 Å². The standard InChI is InChI=1S/C25H43N3O/c1-5-7-20(4)23-16-26-28(18-23)24-12-14-27(15-13-24)17-21-8-10-22(11-9-21)25(29)19(3)6-2/h16,18-22,24H,5-15,17H2,1-4H3/t19?,20?,21-,22-. The largest absolute Gasteiger partial charge is 0.303 e. The summed E-state index contributed by atoms with van der Waals surface area (Å²) in [6, 6.07) is 0.567. The van der Waals surface area contributed by atoms with E-state index in [0.717, 1.165) is 25.2 Å². The number of nitrogens with zero attached hydrogens (tertiary/aromatic N) is 3. The first-order valence-corrected chi connectivity index (χ1v) is 12.3. The minimum atomic E-state index is 0.253. The molecule has 0 spiro atoms. The number of rotatable bonds is 9. The van der Waals surface area contributed by atoms with Crippen LogP contribution in [0.4, 0.5) is 0 Å². The molecule has 0 radical (unpaired) electrons. The molecular weight excluding hydrogens is 358 g/mol. The summed E-state index contributed by atoms with van der Waals surface area (Å²) in [4.78, 5) is 15.1. The van der Waals surface area contributed by atoms with E-state index in [-0.39, 0.29) is 5.92 Å². The Morgan fingerprint density at radius 1 is 1.10 bits per heavy atom. The number of carbonyl (C=O) groups is 1. The van der Waals surface area contributed by atoms with Crippen molar-refractivity contribution < 1.29 is 4.79 Å². The van der Waals surface area contributed by atoms with Gasteiger partial charge in [-0.3, -0.25) is 9.48 Å². The highest BCUT2D eigenvalue weighted by Gasteiger charge is 2.30. The molecule has 2 atom stereocenters. The van der Waals surface area contributed by atoms with Gasteiger partial charge in [0, 0.05) is 37.7 Å². The molecule has 3 rings (SSSR count). The van der Waals surface area contributed by atoms with Crippen molar-refractivity contribution >= 4 is 5.78 Å². The van der Waals surface area contributed by atoms with E-state index in [1.807, 2.05) is 0 Å². The third-order valence-corrected chi connectivity index (χ3v) is 7.71. The molecule has 2 heterocycles. The number of hydrogen-bond donors (Lipinski definition) is 0. The number of carbonyl (C=O) groups excluding carboxylic acids is 1. The molecule has 1 aromatic heterocycles. The molecule has 2 unspecified atom stereocenters. The van der Waals surface area contributed by atoms with Gasteiger partial charge < -0.3 is 4.90 Å². The third-order valence-electron chi connectivity index (χ3n) is 7.71. The molecule has 0 bridgehead atoms. The smallest absolute Gasteiger partial charge is 0.138 e. The fraction of sp³-hybridized carbons (Fsp3) is 0.840. The average Bonchev–Trinajstić information content (AvgIpc) is 3.24. The number of piperidine rings is 1. The molecule has 1 saturated heterocycles. The van der Waals surface area contributed by atoms with E-state index in [9.17, 15) is 4.79 Å². The number of ketones is 1. The van der Waals surface area contributed by atoms with Crippen molar-refractivity contribution in [1.82, 2.24) is 14.7 Å². The minimum absolute atomic E-state index is 0.253. The van der Waals surface area contributed by atoms with Crippen LogP contribution in [0.2, 0.25) is 0 Å². The van der Waals surface area contributed by atoms with Crippen molar-refractivity contribution in [1.29, 1.82) is 0 Å². The maximum atomic E-state index is 12.5. The molecule has 164 valence electrons. The van der Waals surface area contributed by atoms with Crippen molar-refractivity contribution in [3.63, 3.8) is 0 Å². The van der Waals surface area contributed by atoms with Gasteiger partial charge in [-0.15, -0.1) is 0 Å². The second-order valence-electron chi connectivity index (χ2n) is 9.90. The zero-order valence-corrected chi connectivity index (χ0v) is 19.3. The summed E-state index contributed by atoms with van der Waals surface area (Å²) in [5.74, 6) is 2.54. The van der Waals surface area contributed by atoms with E-state index in [1.165, 1.54) is 63.7 Å². The number of hydrogen-bond acceptors (Lipinski definition) is 3. The Morgan fingerprint density at radius 3 is 2.41 bits per heavy atom. The van der Waals surface area contributed by atoms with Crippen molar-refractivity contribution in [2.24, 2.45) is 17.8 Å². The average molecular weight is 402 g/mol. The first-order chi connectivity index (χ1) is 14.0. The first-order valence-electron chi connectivity index (χ1n) is 12.3. The normalized spacial score (nSPS) is 26.3. The summed E-state index contributed by atoms with van der Waals surface area (Å²) in [5.41, 5.74) is 1.40. The summed E-state index contributed by atoms with van der Waals surface area (Å²) in [6.45, 7) is 12.4. The second-order valence-corrected chi connectivity index (χ2v) is 9.90. The Bertz CT molecular complexity index is 624. The van der Waals surface area contributed by atoms with Gasteiger partial charge in [-0.1, -0.05) is 34.1 Å². The zero-order chi connectivity index (χ0) is 20.8. The molecule has 2 aliphatic rings. The molecule has 4 nitrogen and oxygen atoms in total. The molecule has 2 fully saturated rings. The van der Waals surface area contributed by atoms with Gasteiger partial charge >= 0.3 is 0 Å². The lowest BCUT2D eigenvalue weighted by Crippen LogP contribution is -2.39. The summed E-state index contributed by atoms with van der Waals surface area (Å²) in [6.07, 6.45) is 15.0. The lowest BCUT2D eigenvalue weighted by Gasteiger charge is -2.36. The molecule has 1 aromatic rings. The molecule has 0 amide bonds. The first kappa shape index (κ1) is 22.5. The molecule has 29 heavy (non-hydrogen) atoms. The maximum absolute atomic E-state index is 12.5. The lowest BCUT2D eigenvalue weighted by molar-refractivity contribution is -0.127. The second kappa shape index (κ2) is 10.7. The van der Waals surface area contributed by atoms with Crippen LogP contribution < -0.4 is 0 Å². The third kappa shape index (κ3) is 5.93. The quantitative estimate of drug-likeness (QED) is 0.521. The summed E-state index contributed by atoms with van der Waals surface area (Å²) in [7, 11) is 0. The predicted molar refractivity (Wildman–Crippen MR) is 120 cm³/mol. The number of aromatic nitrogens is 2. The molecule has 0 N–H and O–H groups in total. The van der Waals surface area contributed by atoms with Crippen LogP contribution in [0.5, 0.6) is 0 Å². The van der Waals surface area contributed by atoms with Gasteiger partial charge in [0.1, 0.15) is 5.78 Å². The maximum Gasteiger partial charge on any atom is 0.138 e. The predicted octanol–water partition coefficient (Wildman–Crippen LogP) is 5.85. The van der Waals surface area contributed by atoms with Crippen LogP contribution in [-0.2, 0) is 4.79 Å². The highest BCUT2D eigenvalue weighted by molar-refractivity contribution is 5.83. The topological polar surface area (TPSA) is 38.1 Å². The molecule has 1 saturated carbocycles. The zero-order valence-electron chi connectivity index (χ0n) is 19.3. The number of Topliss-reactive ketones (excluding diaryl/α,β-unsaturated/α-hetero) is 1. The Kier molecular flexibility index (Phi) is 8.35. The molecule has 0 aromatic carbocycles. The van der Waals surface area contributed by atoms with E-state index in [1.54, 1.807) is 0 Å². The van der Waals surface area contributed by atoms with Crippen LogP contribution in [0.25, 0.3) is 0 Å². The van der Waals surface area contributed by atoms with Crippen molar-refractivity contribution in [2.75, 3.05) is 19.6 Å². The number of likely N-dealkylation sites (tertiary alicyclic amines) is 1. The van der Waals surface area contributed by atoms with Crippen LogP contribution in [0.3, 0.4) is 0 Å². The highest BCUT2D eigenvalue weighted by atomic mass is 16.1. The fourth-order valence-corrected chi connectivity index (χ4v) is 5.37. The van der Waals surface area contributed by atoms with Crippen molar-refractivity contribution in [3.05, 3.63) is 18.0 Å². The van der Waals surface area contributed by atoms with Gasteiger partial charge in [-0.25, -0.2) is 0 Å². The molecular formula is C25H43N3O. The van der Waals surface area contributed by atoms with Crippen LogP contribution in [-0.4, -0.2) is 40.1 Å². The van der Waals surface area contributed by atoms with Crippen molar-refractivity contribution in [3.8, 4) is 0 Å². The summed E-state index contributed by atoms with van der Waals surface area (Å²) < 4.78 is 2.24. The van der Waals surface area contributed by atoms with Gasteiger partial charge in [0.15, 0.2) is 0 Å². The summed E-state index contributed by atoms with van der Waals surface area (Å²) in [5, 5.41) is 4.70. The van der Waals surface area contributed by atoms with Crippen LogP contribution in [0.1, 0.15) is 103 Å². The Labute approximate surface area is 178 Å². The molecule has 4 heteroatoms. The van der Waals surface area contributed by atoms with Gasteiger partial charge in [-0.2, -0.15) is 5.10 Å². The highest BCUT2D eigenvalue weighted by Crippen LogP contribution is 2.33. The monoisotopic (exact) mass is 401 g/mol. The SMILES string of the molecule is CCCC(C)c1cnn(C2CCN(C[C@H]3CC[C@H](C(=O)C(C)CC)CC3)CC2)c1. The van der Waals surface area contributed by atoms with Gasteiger partial charge in [0.05, 0.1) is 12.2 Å². The van der Waals surface area contributed by atoms with Crippen LogP contribution >= 0.6 is 0 Å². The molecule has 1 aliphatic heterocycles. The van der Waals surface area contributed by atoms with E-state index >= 15 is 0 Å². The molecule has 1 aliphatic carbocycles. The minimum Gasteiger partial charge on any atom is -0.303 e. The summed E-state index contributed by atoms with van der Waals surface area (Å²) >= 11 is 0. The Hall–Kier alpha value is -1.16. The van der Waals surface area contributed by atoms with E-state index < -0.39 is 0 Å². The fourth-order valence-electron chi connectivity index (χ4n) is 5.37. The van der Waals surface area contributed by atoms with Crippen LogP contribution in [0, 0.1) is 17.8 Å². The van der Waals surface area contributed by atoms with E-state index in [2.05, 4.69) is 49.7 Å². The van der Waals surface area contributed by atoms with E-state index in [4.69, 9.17) is 5.10 Å². The van der Waals surface area contributed by atoms with Gasteiger partial charge in [0.2, 0.25) is 0 Å².